The van der Waals surface area contributed by atoms with Crippen LogP contribution in [-0.2, 0) is 27.3 Å². The first-order valence-electron chi connectivity index (χ1n) is 15.1. The van der Waals surface area contributed by atoms with Gasteiger partial charge in [-0.05, 0) is 67.2 Å². The first-order chi connectivity index (χ1) is 21.1. The maximum absolute atomic E-state index is 13.9. The summed E-state index contributed by atoms with van der Waals surface area (Å²) in [6, 6.07) is 20.2. The summed E-state index contributed by atoms with van der Waals surface area (Å²) < 4.78 is 0. The summed E-state index contributed by atoms with van der Waals surface area (Å²) in [5.74, 6) is -0.724. The van der Waals surface area contributed by atoms with Crippen LogP contribution in [0, 0.1) is 12.8 Å². The Labute approximate surface area is 264 Å². The molecular formula is C35H41ClN4O4. The van der Waals surface area contributed by atoms with Crippen molar-refractivity contribution in [2.45, 2.75) is 65.1 Å². The largest absolute Gasteiger partial charge is 0.342 e. The van der Waals surface area contributed by atoms with Crippen LogP contribution in [0.15, 0.2) is 72.8 Å². The number of carbonyl (C=O) groups is 4. The van der Waals surface area contributed by atoms with Gasteiger partial charge in [-0.1, -0.05) is 80.0 Å². The highest BCUT2D eigenvalue weighted by Gasteiger charge is 2.36. The first kappa shape index (κ1) is 32.9. The summed E-state index contributed by atoms with van der Waals surface area (Å²) >= 11 is 6.16. The number of benzene rings is 3. The molecule has 0 saturated carbocycles. The summed E-state index contributed by atoms with van der Waals surface area (Å²) in [5.41, 5.74) is 3.90. The molecule has 3 N–H and O–H groups in total. The molecule has 8 nitrogen and oxygen atoms in total. The molecule has 1 unspecified atom stereocenters. The minimum atomic E-state index is -0.841. The zero-order valence-electron chi connectivity index (χ0n) is 25.6. The fourth-order valence-electron chi connectivity index (χ4n) is 5.28. The van der Waals surface area contributed by atoms with Gasteiger partial charge in [0.15, 0.2) is 5.78 Å². The number of halogens is 1. The molecule has 0 aliphatic carbocycles. The van der Waals surface area contributed by atoms with E-state index < -0.39 is 18.0 Å². The number of amides is 3. The Bertz CT molecular complexity index is 1480. The molecule has 1 heterocycles. The van der Waals surface area contributed by atoms with E-state index >= 15 is 0 Å². The lowest BCUT2D eigenvalue weighted by atomic mass is 9.92. The number of hydrogen-bond acceptors (Lipinski definition) is 5. The van der Waals surface area contributed by atoms with Gasteiger partial charge >= 0.3 is 0 Å². The van der Waals surface area contributed by atoms with Crippen LogP contribution in [0.5, 0.6) is 0 Å². The number of nitrogens with zero attached hydrogens (tertiary/aromatic N) is 1. The van der Waals surface area contributed by atoms with Crippen LogP contribution in [0.2, 0.25) is 5.02 Å². The van der Waals surface area contributed by atoms with Gasteiger partial charge in [-0.2, -0.15) is 0 Å². The minimum absolute atomic E-state index is 0.0152. The number of aryl methyl sites for hydroxylation is 1. The maximum Gasteiger partial charge on any atom is 0.246 e. The molecule has 3 aromatic rings. The lowest BCUT2D eigenvalue weighted by Gasteiger charge is -2.37. The van der Waals surface area contributed by atoms with E-state index in [1.807, 2.05) is 37.3 Å². The van der Waals surface area contributed by atoms with Crippen LogP contribution in [0.1, 0.15) is 60.2 Å². The van der Waals surface area contributed by atoms with Crippen LogP contribution < -0.4 is 16.0 Å². The van der Waals surface area contributed by atoms with Crippen molar-refractivity contribution >= 4 is 40.8 Å². The monoisotopic (exact) mass is 616 g/mol. The second-order valence-corrected chi connectivity index (χ2v) is 12.1. The lowest BCUT2D eigenvalue weighted by Crippen LogP contribution is -2.56. The third-order valence-electron chi connectivity index (χ3n) is 7.75. The van der Waals surface area contributed by atoms with E-state index in [0.717, 1.165) is 23.2 Å². The molecule has 0 radical (unpaired) electrons. The predicted octanol–water partition coefficient (Wildman–Crippen LogP) is 5.32. The average Bonchev–Trinajstić information content (AvgIpc) is 3.02. The topological polar surface area (TPSA) is 108 Å². The molecule has 0 saturated heterocycles. The number of rotatable bonds is 13. The fourth-order valence-corrected chi connectivity index (χ4v) is 5.40. The van der Waals surface area contributed by atoms with Crippen molar-refractivity contribution in [3.8, 4) is 0 Å². The Kier molecular flexibility index (Phi) is 11.7. The average molecular weight is 617 g/mol. The van der Waals surface area contributed by atoms with Crippen LogP contribution >= 0.6 is 11.6 Å². The van der Waals surface area contributed by atoms with Crippen molar-refractivity contribution in [1.29, 1.82) is 0 Å². The Hall–Kier alpha value is -4.01. The molecule has 4 rings (SSSR count). The van der Waals surface area contributed by atoms with E-state index in [2.05, 4.69) is 29.8 Å². The van der Waals surface area contributed by atoms with Gasteiger partial charge in [-0.3, -0.25) is 19.2 Å². The normalized spacial score (nSPS) is 14.9. The van der Waals surface area contributed by atoms with Crippen molar-refractivity contribution in [3.63, 3.8) is 0 Å². The molecule has 232 valence electrons. The molecule has 1 aliphatic rings. The number of anilines is 1. The van der Waals surface area contributed by atoms with Crippen LogP contribution in [0.25, 0.3) is 0 Å². The number of Topliss-reactive ketones (excluding diaryl/α,β-unsaturated/α-hetero) is 1. The lowest BCUT2D eigenvalue weighted by molar-refractivity contribution is -0.142. The van der Waals surface area contributed by atoms with Crippen molar-refractivity contribution < 1.29 is 19.2 Å². The second-order valence-electron chi connectivity index (χ2n) is 11.7. The quantitative estimate of drug-likeness (QED) is 0.178. The molecule has 0 spiro atoms. The van der Waals surface area contributed by atoms with Gasteiger partial charge in [-0.25, -0.2) is 0 Å². The number of fused-ring (bicyclic) bond motifs is 1. The van der Waals surface area contributed by atoms with E-state index in [9.17, 15) is 19.2 Å². The van der Waals surface area contributed by atoms with Gasteiger partial charge in [0, 0.05) is 42.1 Å². The summed E-state index contributed by atoms with van der Waals surface area (Å²) in [7, 11) is 0. The van der Waals surface area contributed by atoms with Gasteiger partial charge in [0.25, 0.3) is 0 Å². The van der Waals surface area contributed by atoms with Crippen LogP contribution in [0.3, 0.4) is 0 Å². The third-order valence-corrected chi connectivity index (χ3v) is 8.18. The zero-order chi connectivity index (χ0) is 31.6. The minimum Gasteiger partial charge on any atom is -0.342 e. The first-order valence-corrected chi connectivity index (χ1v) is 15.5. The summed E-state index contributed by atoms with van der Waals surface area (Å²) in [4.78, 5) is 55.2. The van der Waals surface area contributed by atoms with E-state index in [1.54, 1.807) is 47.4 Å². The molecule has 0 fully saturated rings. The van der Waals surface area contributed by atoms with Gasteiger partial charge in [0.1, 0.15) is 12.1 Å². The second kappa shape index (κ2) is 15.6. The van der Waals surface area contributed by atoms with E-state index in [1.165, 1.54) is 0 Å². The molecule has 44 heavy (non-hydrogen) atoms. The zero-order valence-corrected chi connectivity index (χ0v) is 26.3. The number of ketones is 1. The highest BCUT2D eigenvalue weighted by atomic mass is 35.5. The van der Waals surface area contributed by atoms with Crippen molar-refractivity contribution in [2.24, 2.45) is 5.92 Å². The molecule has 3 amide bonds. The van der Waals surface area contributed by atoms with E-state index in [0.29, 0.717) is 41.6 Å². The molecule has 2 atom stereocenters. The molecular weight excluding hydrogens is 576 g/mol. The molecule has 1 aliphatic heterocycles. The molecule has 9 heteroatoms. The van der Waals surface area contributed by atoms with Crippen molar-refractivity contribution in [3.05, 3.63) is 100 Å². The van der Waals surface area contributed by atoms with E-state index in [-0.39, 0.29) is 37.0 Å². The fraction of sp³-hybridized carbons (Fsp3) is 0.371. The number of carbonyl (C=O) groups excluding carboxylic acids is 4. The van der Waals surface area contributed by atoms with Gasteiger partial charge in [0.05, 0.1) is 0 Å². The highest BCUT2D eigenvalue weighted by molar-refractivity contribution is 6.31. The SMILES string of the molecule is Cc1cc(NC(=O)[C@H](CCNCC(C)C)NC(=O)C2Cc3ccccc3CN2C(=O)CCC(=O)c2ccccc2)ccc1Cl. The van der Waals surface area contributed by atoms with Gasteiger partial charge in [-0.15, -0.1) is 0 Å². The van der Waals surface area contributed by atoms with Crippen LogP contribution in [0.4, 0.5) is 5.69 Å². The summed E-state index contributed by atoms with van der Waals surface area (Å²) in [5, 5.41) is 9.79. The Morgan fingerprint density at radius 1 is 0.932 bits per heavy atom. The smallest absolute Gasteiger partial charge is 0.246 e. The third kappa shape index (κ3) is 9.00. The highest BCUT2D eigenvalue weighted by Crippen LogP contribution is 2.25. The van der Waals surface area contributed by atoms with Crippen LogP contribution in [-0.4, -0.2) is 53.6 Å². The summed E-state index contributed by atoms with van der Waals surface area (Å²) in [6.07, 6.45) is 0.706. The van der Waals surface area contributed by atoms with Crippen molar-refractivity contribution in [2.75, 3.05) is 18.4 Å². The summed E-state index contributed by atoms with van der Waals surface area (Å²) in [6.45, 7) is 7.61. The van der Waals surface area contributed by atoms with Crippen molar-refractivity contribution in [1.82, 2.24) is 15.5 Å². The molecule has 0 aromatic heterocycles. The Balaban J connectivity index is 1.50. The molecule has 0 bridgehead atoms. The Morgan fingerprint density at radius 3 is 2.34 bits per heavy atom. The van der Waals surface area contributed by atoms with Gasteiger partial charge in [0.2, 0.25) is 17.7 Å². The molecule has 3 aromatic carbocycles. The van der Waals surface area contributed by atoms with E-state index in [4.69, 9.17) is 11.6 Å². The van der Waals surface area contributed by atoms with Gasteiger partial charge < -0.3 is 20.9 Å². The Morgan fingerprint density at radius 2 is 1.64 bits per heavy atom. The number of nitrogens with one attached hydrogen (secondary N) is 3. The number of hydrogen-bond donors (Lipinski definition) is 3. The standard InChI is InChI=1S/C35H41ClN4O4/c1-23(2)21-37-18-17-30(34(43)38-28-13-14-29(36)24(3)19-28)39-35(44)31-20-26-11-7-8-12-27(26)22-40(31)33(42)16-15-32(41)25-9-5-4-6-10-25/h4-14,19,23,30-31,37H,15-18,20-22H2,1-3H3,(H,38,43)(H,39,44)/t30-,31?/m0/s1. The predicted molar refractivity (Wildman–Crippen MR) is 174 cm³/mol. The maximum atomic E-state index is 13.9.